The predicted octanol–water partition coefficient (Wildman–Crippen LogP) is 3.72. The predicted molar refractivity (Wildman–Crippen MR) is 95.3 cm³/mol. The molecule has 1 rings (SSSR count). The molecule has 0 saturated carbocycles. The van der Waals surface area contributed by atoms with Crippen LogP contribution in [-0.4, -0.2) is 31.5 Å². The summed E-state index contributed by atoms with van der Waals surface area (Å²) in [5, 5.41) is 9.40. The molecule has 1 aromatic rings. The van der Waals surface area contributed by atoms with Gasteiger partial charge in [0.1, 0.15) is 0 Å². The van der Waals surface area contributed by atoms with Crippen molar-refractivity contribution in [2.75, 3.05) is 26.4 Å². The highest BCUT2D eigenvalue weighted by Gasteiger charge is 2.17. The lowest BCUT2D eigenvalue weighted by atomic mass is 9.87. The summed E-state index contributed by atoms with van der Waals surface area (Å²) in [6.07, 6.45) is 3.85. The van der Waals surface area contributed by atoms with Gasteiger partial charge < -0.3 is 20.3 Å². The molecule has 0 amide bonds. The van der Waals surface area contributed by atoms with Crippen LogP contribution >= 0.6 is 0 Å². The summed E-state index contributed by atoms with van der Waals surface area (Å²) in [6.45, 7) is 8.40. The van der Waals surface area contributed by atoms with Gasteiger partial charge in [-0.25, -0.2) is 0 Å². The van der Waals surface area contributed by atoms with Crippen molar-refractivity contribution in [3.05, 3.63) is 23.8 Å². The fraction of sp³-hybridized carbons (Fsp3) is 0.684. The molecule has 0 aliphatic heterocycles. The highest BCUT2D eigenvalue weighted by Crippen LogP contribution is 2.35. The standard InChI is InChI=1S/C19H33NO3/c1-4-9-22-18-8-7-17(12-19(18)23-10-5-2)16(6-3)11-15(13-20)14-21/h7-8,12,15-16,21H,4-6,9-11,13-14,20H2,1-3H3. The number of nitrogens with two attached hydrogens (primary N) is 1. The molecule has 0 aromatic heterocycles. The van der Waals surface area contributed by atoms with Crippen molar-refractivity contribution in [1.29, 1.82) is 0 Å². The first-order valence-corrected chi connectivity index (χ1v) is 8.90. The molecule has 0 aliphatic rings. The van der Waals surface area contributed by atoms with Crippen LogP contribution in [0.1, 0.15) is 57.9 Å². The second-order valence-corrected chi connectivity index (χ2v) is 6.03. The Hall–Kier alpha value is -1.26. The van der Waals surface area contributed by atoms with Crippen LogP contribution in [0.4, 0.5) is 0 Å². The first-order chi connectivity index (χ1) is 11.2. The van der Waals surface area contributed by atoms with Crippen LogP contribution in [0.15, 0.2) is 18.2 Å². The van der Waals surface area contributed by atoms with Gasteiger partial charge in [0.15, 0.2) is 11.5 Å². The maximum absolute atomic E-state index is 9.40. The second-order valence-electron chi connectivity index (χ2n) is 6.03. The van der Waals surface area contributed by atoms with E-state index in [1.165, 1.54) is 5.56 Å². The molecule has 132 valence electrons. The van der Waals surface area contributed by atoms with Gasteiger partial charge in [-0.3, -0.25) is 0 Å². The van der Waals surface area contributed by atoms with Crippen LogP contribution in [-0.2, 0) is 0 Å². The number of ether oxygens (including phenoxy) is 2. The topological polar surface area (TPSA) is 64.7 Å². The zero-order valence-corrected chi connectivity index (χ0v) is 14.9. The number of benzene rings is 1. The van der Waals surface area contributed by atoms with Crippen molar-refractivity contribution in [1.82, 2.24) is 0 Å². The quantitative estimate of drug-likeness (QED) is 0.615. The third-order valence-electron chi connectivity index (χ3n) is 4.06. The minimum absolute atomic E-state index is 0.143. The normalized spacial score (nSPS) is 13.6. The number of aliphatic hydroxyl groups excluding tert-OH is 1. The van der Waals surface area contributed by atoms with Gasteiger partial charge in [-0.05, 0) is 61.8 Å². The van der Waals surface area contributed by atoms with Gasteiger partial charge >= 0.3 is 0 Å². The average Bonchev–Trinajstić information content (AvgIpc) is 2.59. The van der Waals surface area contributed by atoms with E-state index in [-0.39, 0.29) is 12.5 Å². The van der Waals surface area contributed by atoms with E-state index in [0.717, 1.165) is 37.2 Å². The van der Waals surface area contributed by atoms with Crippen LogP contribution in [0, 0.1) is 5.92 Å². The molecule has 23 heavy (non-hydrogen) atoms. The summed E-state index contributed by atoms with van der Waals surface area (Å²) in [4.78, 5) is 0. The molecular formula is C19H33NO3. The van der Waals surface area contributed by atoms with Gasteiger partial charge in [-0.2, -0.15) is 0 Å². The van der Waals surface area contributed by atoms with E-state index in [4.69, 9.17) is 15.2 Å². The van der Waals surface area contributed by atoms with Crippen molar-refractivity contribution < 1.29 is 14.6 Å². The Morgan fingerprint density at radius 2 is 1.70 bits per heavy atom. The highest BCUT2D eigenvalue weighted by atomic mass is 16.5. The maximum Gasteiger partial charge on any atom is 0.161 e. The highest BCUT2D eigenvalue weighted by molar-refractivity contribution is 5.44. The van der Waals surface area contributed by atoms with E-state index in [1.54, 1.807) is 0 Å². The second kappa shape index (κ2) is 11.3. The summed E-state index contributed by atoms with van der Waals surface area (Å²) >= 11 is 0. The van der Waals surface area contributed by atoms with E-state index in [9.17, 15) is 5.11 Å². The molecular weight excluding hydrogens is 290 g/mol. The van der Waals surface area contributed by atoms with E-state index >= 15 is 0 Å². The molecule has 0 spiro atoms. The van der Waals surface area contributed by atoms with Crippen molar-refractivity contribution in [3.8, 4) is 11.5 Å². The van der Waals surface area contributed by atoms with E-state index in [1.807, 2.05) is 6.07 Å². The summed E-state index contributed by atoms with van der Waals surface area (Å²) in [7, 11) is 0. The molecule has 4 nitrogen and oxygen atoms in total. The van der Waals surface area contributed by atoms with E-state index in [2.05, 4.69) is 32.9 Å². The van der Waals surface area contributed by atoms with Crippen molar-refractivity contribution in [2.45, 2.75) is 52.4 Å². The average molecular weight is 323 g/mol. The van der Waals surface area contributed by atoms with Crippen LogP contribution < -0.4 is 15.2 Å². The third-order valence-corrected chi connectivity index (χ3v) is 4.06. The molecule has 0 saturated heterocycles. The van der Waals surface area contributed by atoms with Crippen LogP contribution in [0.2, 0.25) is 0 Å². The number of hydrogen-bond donors (Lipinski definition) is 2. The molecule has 0 fully saturated rings. The SMILES string of the molecule is CCCOc1ccc(C(CC)CC(CN)CO)cc1OCCC. The Kier molecular flexibility index (Phi) is 9.72. The third kappa shape index (κ3) is 6.40. The van der Waals surface area contributed by atoms with Crippen LogP contribution in [0.3, 0.4) is 0 Å². The first kappa shape index (κ1) is 19.8. The Bertz CT molecular complexity index is 433. The fourth-order valence-electron chi connectivity index (χ4n) is 2.62. The van der Waals surface area contributed by atoms with E-state index in [0.29, 0.717) is 25.7 Å². The number of rotatable bonds is 12. The van der Waals surface area contributed by atoms with Crippen LogP contribution in [0.5, 0.6) is 11.5 Å². The van der Waals surface area contributed by atoms with Crippen LogP contribution in [0.25, 0.3) is 0 Å². The van der Waals surface area contributed by atoms with Gasteiger partial charge in [0.25, 0.3) is 0 Å². The van der Waals surface area contributed by atoms with Gasteiger partial charge in [0.05, 0.1) is 13.2 Å². The lowest BCUT2D eigenvalue weighted by molar-refractivity contribution is 0.214. The van der Waals surface area contributed by atoms with Gasteiger partial charge in [-0.15, -0.1) is 0 Å². The summed E-state index contributed by atoms with van der Waals surface area (Å²) < 4.78 is 11.7. The zero-order chi connectivity index (χ0) is 17.1. The Labute approximate surface area is 141 Å². The van der Waals surface area contributed by atoms with E-state index < -0.39 is 0 Å². The summed E-state index contributed by atoms with van der Waals surface area (Å²) in [6, 6.07) is 6.22. The molecule has 2 atom stereocenters. The lowest BCUT2D eigenvalue weighted by Crippen LogP contribution is -2.20. The van der Waals surface area contributed by atoms with Crippen molar-refractivity contribution >= 4 is 0 Å². The molecule has 0 radical (unpaired) electrons. The largest absolute Gasteiger partial charge is 0.490 e. The summed E-state index contributed by atoms with van der Waals surface area (Å²) in [5.41, 5.74) is 6.97. The van der Waals surface area contributed by atoms with Crippen molar-refractivity contribution in [3.63, 3.8) is 0 Å². The fourth-order valence-corrected chi connectivity index (χ4v) is 2.62. The zero-order valence-electron chi connectivity index (χ0n) is 14.9. The van der Waals surface area contributed by atoms with Gasteiger partial charge in [0.2, 0.25) is 0 Å². The van der Waals surface area contributed by atoms with Crippen molar-refractivity contribution in [2.24, 2.45) is 11.7 Å². The first-order valence-electron chi connectivity index (χ1n) is 8.90. The Balaban J connectivity index is 2.95. The molecule has 3 N–H and O–H groups in total. The van der Waals surface area contributed by atoms with Gasteiger partial charge in [-0.1, -0.05) is 26.8 Å². The molecule has 0 aliphatic carbocycles. The molecule has 2 unspecified atom stereocenters. The molecule has 0 heterocycles. The molecule has 4 heteroatoms. The Morgan fingerprint density at radius 3 is 2.22 bits per heavy atom. The number of hydrogen-bond acceptors (Lipinski definition) is 4. The van der Waals surface area contributed by atoms with Gasteiger partial charge in [0, 0.05) is 6.61 Å². The monoisotopic (exact) mass is 323 g/mol. The smallest absolute Gasteiger partial charge is 0.161 e. The number of aliphatic hydroxyl groups is 1. The maximum atomic E-state index is 9.40. The molecule has 1 aromatic carbocycles. The Morgan fingerprint density at radius 1 is 1.04 bits per heavy atom. The lowest BCUT2D eigenvalue weighted by Gasteiger charge is -2.22. The molecule has 0 bridgehead atoms. The minimum atomic E-state index is 0.143. The minimum Gasteiger partial charge on any atom is -0.490 e. The summed E-state index contributed by atoms with van der Waals surface area (Å²) in [5.74, 6) is 2.16.